The molecule has 1 saturated carbocycles. The largest absolute Gasteiger partial charge is 0.377 e. The average molecular weight is 169 g/mol. The van der Waals surface area contributed by atoms with Gasteiger partial charge in [0.15, 0.2) is 0 Å². The molecule has 0 aromatic carbocycles. The van der Waals surface area contributed by atoms with Crippen LogP contribution in [0, 0.1) is 11.8 Å². The van der Waals surface area contributed by atoms with Crippen molar-refractivity contribution < 1.29 is 4.74 Å². The van der Waals surface area contributed by atoms with Crippen molar-refractivity contribution in [2.75, 3.05) is 13.2 Å². The van der Waals surface area contributed by atoms with E-state index >= 15 is 0 Å². The number of rotatable bonds is 3. The Labute approximate surface area is 74.7 Å². The zero-order chi connectivity index (χ0) is 8.55. The molecule has 70 valence electrons. The van der Waals surface area contributed by atoms with Gasteiger partial charge in [0.25, 0.3) is 0 Å². The van der Waals surface area contributed by atoms with Gasteiger partial charge in [-0.3, -0.25) is 0 Å². The van der Waals surface area contributed by atoms with E-state index < -0.39 is 0 Å². The highest BCUT2D eigenvalue weighted by molar-refractivity contribution is 4.87. The normalized spacial score (nSPS) is 46.5. The number of hydrogen-bond acceptors (Lipinski definition) is 2. The molecule has 1 heterocycles. The molecule has 2 unspecified atom stereocenters. The predicted octanol–water partition coefficient (Wildman–Crippen LogP) is 1.41. The summed E-state index contributed by atoms with van der Waals surface area (Å²) in [6.07, 6.45) is 3.05. The summed E-state index contributed by atoms with van der Waals surface area (Å²) in [6, 6.07) is 0.623. The van der Waals surface area contributed by atoms with Crippen molar-refractivity contribution in [1.82, 2.24) is 5.32 Å². The minimum Gasteiger partial charge on any atom is -0.377 e. The molecule has 0 bridgehead atoms. The van der Waals surface area contributed by atoms with E-state index in [9.17, 15) is 0 Å². The first-order valence-corrected chi connectivity index (χ1v) is 5.12. The van der Waals surface area contributed by atoms with Crippen molar-refractivity contribution in [3.63, 3.8) is 0 Å². The molecule has 12 heavy (non-hydrogen) atoms. The Balaban J connectivity index is 1.65. The summed E-state index contributed by atoms with van der Waals surface area (Å²) < 4.78 is 5.48. The Morgan fingerprint density at radius 3 is 2.67 bits per heavy atom. The van der Waals surface area contributed by atoms with Crippen molar-refractivity contribution >= 4 is 0 Å². The van der Waals surface area contributed by atoms with Crippen LogP contribution in [0.2, 0.25) is 0 Å². The second-order valence-electron chi connectivity index (χ2n) is 4.35. The molecule has 0 amide bonds. The van der Waals surface area contributed by atoms with Crippen LogP contribution < -0.4 is 5.32 Å². The van der Waals surface area contributed by atoms with Crippen LogP contribution in [-0.2, 0) is 4.74 Å². The summed E-state index contributed by atoms with van der Waals surface area (Å²) in [4.78, 5) is 0. The fraction of sp³-hybridized carbons (Fsp3) is 1.00. The van der Waals surface area contributed by atoms with E-state index in [4.69, 9.17) is 4.74 Å². The van der Waals surface area contributed by atoms with Gasteiger partial charge in [-0.05, 0) is 38.1 Å². The van der Waals surface area contributed by atoms with Gasteiger partial charge < -0.3 is 10.1 Å². The molecule has 2 fully saturated rings. The van der Waals surface area contributed by atoms with Crippen LogP contribution in [0.1, 0.15) is 26.7 Å². The third-order valence-electron chi connectivity index (χ3n) is 3.29. The lowest BCUT2D eigenvalue weighted by Crippen LogP contribution is -2.36. The fourth-order valence-electron chi connectivity index (χ4n) is 1.99. The standard InChI is InChI=1S/C10H19NO/c1-7-5-9(7)6-11-10-3-4-12-8(10)2/h7-11H,3-6H2,1-2H3/t7?,8-,9?,10-/m1/s1. The topological polar surface area (TPSA) is 21.3 Å². The maximum Gasteiger partial charge on any atom is 0.0700 e. The SMILES string of the molecule is CC1CC1CN[C@@H]1CCO[C@@H]1C. The molecule has 2 heteroatoms. The van der Waals surface area contributed by atoms with Crippen LogP contribution in [-0.4, -0.2) is 25.3 Å². The highest BCUT2D eigenvalue weighted by Gasteiger charge is 2.33. The van der Waals surface area contributed by atoms with Crippen LogP contribution in [0.25, 0.3) is 0 Å². The van der Waals surface area contributed by atoms with E-state index in [1.54, 1.807) is 0 Å². The summed E-state index contributed by atoms with van der Waals surface area (Å²) in [5.74, 6) is 1.92. The van der Waals surface area contributed by atoms with E-state index in [0.29, 0.717) is 12.1 Å². The van der Waals surface area contributed by atoms with Crippen molar-refractivity contribution in [3.05, 3.63) is 0 Å². The summed E-state index contributed by atoms with van der Waals surface area (Å²) >= 11 is 0. The molecule has 1 saturated heterocycles. The van der Waals surface area contributed by atoms with Crippen molar-refractivity contribution in [2.45, 2.75) is 38.8 Å². The number of nitrogens with one attached hydrogen (secondary N) is 1. The number of ether oxygens (including phenoxy) is 1. The van der Waals surface area contributed by atoms with Gasteiger partial charge in [0.05, 0.1) is 6.10 Å². The third kappa shape index (κ3) is 1.80. The lowest BCUT2D eigenvalue weighted by Gasteiger charge is -2.15. The van der Waals surface area contributed by atoms with Crippen LogP contribution in [0.4, 0.5) is 0 Å². The van der Waals surface area contributed by atoms with Gasteiger partial charge in [-0.25, -0.2) is 0 Å². The smallest absolute Gasteiger partial charge is 0.0700 e. The highest BCUT2D eigenvalue weighted by atomic mass is 16.5. The molecular weight excluding hydrogens is 150 g/mol. The van der Waals surface area contributed by atoms with Gasteiger partial charge in [-0.2, -0.15) is 0 Å². The molecule has 1 aliphatic heterocycles. The second-order valence-corrected chi connectivity index (χ2v) is 4.35. The average Bonchev–Trinajstić information content (AvgIpc) is 2.57. The van der Waals surface area contributed by atoms with E-state index in [2.05, 4.69) is 19.2 Å². The first-order chi connectivity index (χ1) is 5.77. The zero-order valence-electron chi connectivity index (χ0n) is 8.05. The first-order valence-electron chi connectivity index (χ1n) is 5.12. The van der Waals surface area contributed by atoms with Crippen molar-refractivity contribution in [1.29, 1.82) is 0 Å². The molecule has 2 aliphatic rings. The third-order valence-corrected chi connectivity index (χ3v) is 3.29. The van der Waals surface area contributed by atoms with Crippen molar-refractivity contribution in [2.24, 2.45) is 11.8 Å². The quantitative estimate of drug-likeness (QED) is 0.689. The van der Waals surface area contributed by atoms with Crippen LogP contribution >= 0.6 is 0 Å². The molecule has 4 atom stereocenters. The first kappa shape index (κ1) is 8.52. The molecule has 0 spiro atoms. The Kier molecular flexibility index (Phi) is 2.37. The van der Waals surface area contributed by atoms with E-state index in [1.807, 2.05) is 0 Å². The van der Waals surface area contributed by atoms with Gasteiger partial charge in [0, 0.05) is 12.6 Å². The highest BCUT2D eigenvalue weighted by Crippen LogP contribution is 2.37. The van der Waals surface area contributed by atoms with Crippen LogP contribution in [0.15, 0.2) is 0 Å². The Morgan fingerprint density at radius 2 is 2.17 bits per heavy atom. The maximum atomic E-state index is 5.48. The lowest BCUT2D eigenvalue weighted by molar-refractivity contribution is 0.113. The van der Waals surface area contributed by atoms with E-state index in [0.717, 1.165) is 18.4 Å². The van der Waals surface area contributed by atoms with Gasteiger partial charge in [0.2, 0.25) is 0 Å². The van der Waals surface area contributed by atoms with Gasteiger partial charge in [-0.1, -0.05) is 6.92 Å². The Morgan fingerprint density at radius 1 is 1.42 bits per heavy atom. The predicted molar refractivity (Wildman–Crippen MR) is 49.1 cm³/mol. The minimum absolute atomic E-state index is 0.430. The summed E-state index contributed by atoms with van der Waals surface area (Å²) in [6.45, 7) is 6.65. The summed E-state index contributed by atoms with van der Waals surface area (Å²) in [5, 5.41) is 3.60. The Hall–Kier alpha value is -0.0800. The maximum absolute atomic E-state index is 5.48. The Bertz CT molecular complexity index is 160. The van der Waals surface area contributed by atoms with Crippen LogP contribution in [0.5, 0.6) is 0 Å². The molecule has 1 aliphatic carbocycles. The molecule has 0 radical (unpaired) electrons. The molecule has 2 rings (SSSR count). The summed E-state index contributed by atoms with van der Waals surface area (Å²) in [5.41, 5.74) is 0. The van der Waals surface area contributed by atoms with Gasteiger partial charge in [-0.15, -0.1) is 0 Å². The molecule has 0 aromatic rings. The van der Waals surface area contributed by atoms with Crippen LogP contribution in [0.3, 0.4) is 0 Å². The molecular formula is C10H19NO. The lowest BCUT2D eigenvalue weighted by atomic mass is 10.1. The summed E-state index contributed by atoms with van der Waals surface area (Å²) in [7, 11) is 0. The van der Waals surface area contributed by atoms with Gasteiger partial charge in [0.1, 0.15) is 0 Å². The minimum atomic E-state index is 0.430. The zero-order valence-corrected chi connectivity index (χ0v) is 8.05. The monoisotopic (exact) mass is 169 g/mol. The molecule has 0 aromatic heterocycles. The number of hydrogen-bond donors (Lipinski definition) is 1. The fourth-order valence-corrected chi connectivity index (χ4v) is 1.99. The van der Waals surface area contributed by atoms with E-state index in [-0.39, 0.29) is 0 Å². The van der Waals surface area contributed by atoms with E-state index in [1.165, 1.54) is 19.4 Å². The molecule has 2 nitrogen and oxygen atoms in total. The van der Waals surface area contributed by atoms with Gasteiger partial charge >= 0.3 is 0 Å². The second kappa shape index (κ2) is 3.35. The molecule has 1 N–H and O–H groups in total. The van der Waals surface area contributed by atoms with Crippen molar-refractivity contribution in [3.8, 4) is 0 Å².